The molecule has 8 heteroatoms. The van der Waals surface area contributed by atoms with Gasteiger partial charge in [-0.05, 0) is 78.6 Å². The van der Waals surface area contributed by atoms with E-state index in [4.69, 9.17) is 11.6 Å². The van der Waals surface area contributed by atoms with E-state index in [-0.39, 0.29) is 17.4 Å². The molecule has 41 heavy (non-hydrogen) atoms. The van der Waals surface area contributed by atoms with Crippen LogP contribution in [0.25, 0.3) is 6.08 Å². The first-order valence-electron chi connectivity index (χ1n) is 13.2. The molecule has 0 aromatic heterocycles. The van der Waals surface area contributed by atoms with Crippen molar-refractivity contribution < 1.29 is 14.4 Å². The van der Waals surface area contributed by atoms with Crippen LogP contribution in [0.1, 0.15) is 27.9 Å². The summed E-state index contributed by atoms with van der Waals surface area (Å²) in [7, 11) is 0. The summed E-state index contributed by atoms with van der Waals surface area (Å²) in [5.74, 6) is -0.570. The van der Waals surface area contributed by atoms with Crippen LogP contribution in [0.5, 0.6) is 0 Å². The maximum atomic E-state index is 13.4. The maximum absolute atomic E-state index is 13.4. The molecule has 6 nitrogen and oxygen atoms in total. The quantitative estimate of drug-likeness (QED) is 0.177. The highest BCUT2D eigenvalue weighted by Crippen LogP contribution is 2.29. The van der Waals surface area contributed by atoms with Crippen molar-refractivity contribution in [1.29, 1.82) is 0 Å². The number of carbonyl (C=O) groups is 3. The lowest BCUT2D eigenvalue weighted by atomic mass is 10.0. The fraction of sp³-hybridized carbons (Fsp3) is 0.121. The minimum absolute atomic E-state index is 0.0481. The third-order valence-corrected chi connectivity index (χ3v) is 7.77. The van der Waals surface area contributed by atoms with E-state index < -0.39 is 11.8 Å². The Labute approximate surface area is 248 Å². The van der Waals surface area contributed by atoms with Crippen LogP contribution < -0.4 is 15.5 Å². The van der Waals surface area contributed by atoms with Crippen molar-refractivity contribution >= 4 is 58.5 Å². The second kappa shape index (κ2) is 13.4. The molecule has 1 heterocycles. The average Bonchev–Trinajstić information content (AvgIpc) is 3.00. The molecule has 3 amide bonds. The summed E-state index contributed by atoms with van der Waals surface area (Å²) in [5.41, 5.74) is 3.89. The first-order chi connectivity index (χ1) is 20.0. The molecule has 206 valence electrons. The average molecular weight is 582 g/mol. The van der Waals surface area contributed by atoms with Crippen LogP contribution in [0.15, 0.2) is 114 Å². The zero-order valence-corrected chi connectivity index (χ0v) is 23.8. The Morgan fingerprint density at radius 2 is 1.66 bits per heavy atom. The Kier molecular flexibility index (Phi) is 9.19. The second-order valence-electron chi connectivity index (χ2n) is 9.48. The van der Waals surface area contributed by atoms with Crippen molar-refractivity contribution in [2.45, 2.75) is 17.7 Å². The molecule has 0 saturated heterocycles. The van der Waals surface area contributed by atoms with Gasteiger partial charge < -0.3 is 15.5 Å². The topological polar surface area (TPSA) is 78.5 Å². The number of fused-ring (bicyclic) bond motifs is 1. The zero-order chi connectivity index (χ0) is 28.6. The van der Waals surface area contributed by atoms with Gasteiger partial charge in [0.25, 0.3) is 11.8 Å². The predicted molar refractivity (Wildman–Crippen MR) is 166 cm³/mol. The number of halogens is 1. The van der Waals surface area contributed by atoms with Crippen LogP contribution in [0.4, 0.5) is 11.4 Å². The van der Waals surface area contributed by atoms with Crippen molar-refractivity contribution in [2.24, 2.45) is 0 Å². The molecule has 0 aliphatic carbocycles. The lowest BCUT2D eigenvalue weighted by Gasteiger charge is -2.29. The van der Waals surface area contributed by atoms with Crippen LogP contribution in [-0.4, -0.2) is 30.0 Å². The Hall–Kier alpha value is -4.33. The minimum atomic E-state index is -0.489. The van der Waals surface area contributed by atoms with Crippen LogP contribution in [-0.2, 0) is 16.0 Å². The Bertz CT molecular complexity index is 1610. The van der Waals surface area contributed by atoms with Crippen molar-refractivity contribution in [3.8, 4) is 0 Å². The molecule has 5 rings (SSSR count). The van der Waals surface area contributed by atoms with Gasteiger partial charge in [-0.15, -0.1) is 11.8 Å². The summed E-state index contributed by atoms with van der Waals surface area (Å²) in [5, 5.41) is 6.12. The number of nitrogens with zero attached hydrogens (tertiary/aromatic N) is 1. The van der Waals surface area contributed by atoms with Crippen molar-refractivity contribution in [1.82, 2.24) is 5.32 Å². The number of carbonyl (C=O) groups excluding carboxylic acids is 3. The SMILES string of the molecule is O=C(Nc1cccc(SCC(=O)N2CCCc3ccccc32)c1)/C(=C/c1cccc(Cl)c1)NC(=O)c1ccccc1. The third kappa shape index (κ3) is 7.45. The van der Waals surface area contributed by atoms with Crippen LogP contribution in [0.3, 0.4) is 0 Å². The van der Waals surface area contributed by atoms with E-state index >= 15 is 0 Å². The zero-order valence-electron chi connectivity index (χ0n) is 22.2. The van der Waals surface area contributed by atoms with E-state index in [1.165, 1.54) is 17.3 Å². The maximum Gasteiger partial charge on any atom is 0.272 e. The van der Waals surface area contributed by atoms with E-state index in [1.807, 2.05) is 47.4 Å². The second-order valence-corrected chi connectivity index (χ2v) is 11.0. The van der Waals surface area contributed by atoms with E-state index in [2.05, 4.69) is 16.7 Å². The summed E-state index contributed by atoms with van der Waals surface area (Å²) in [6.07, 6.45) is 3.50. The molecule has 4 aromatic rings. The first-order valence-corrected chi connectivity index (χ1v) is 14.6. The lowest BCUT2D eigenvalue weighted by Crippen LogP contribution is -2.36. The molecule has 0 atom stereocenters. The molecule has 0 bridgehead atoms. The lowest BCUT2D eigenvalue weighted by molar-refractivity contribution is -0.116. The van der Waals surface area contributed by atoms with E-state index in [9.17, 15) is 14.4 Å². The van der Waals surface area contributed by atoms with Gasteiger partial charge in [0.2, 0.25) is 5.91 Å². The van der Waals surface area contributed by atoms with E-state index in [0.29, 0.717) is 28.4 Å². The highest BCUT2D eigenvalue weighted by Gasteiger charge is 2.22. The monoisotopic (exact) mass is 581 g/mol. The van der Waals surface area contributed by atoms with Gasteiger partial charge in [0.05, 0.1) is 5.75 Å². The fourth-order valence-electron chi connectivity index (χ4n) is 4.58. The number of anilines is 2. The molecule has 1 aliphatic rings. The Morgan fingerprint density at radius 3 is 2.49 bits per heavy atom. The number of benzene rings is 4. The number of amides is 3. The molecule has 2 N–H and O–H groups in total. The van der Waals surface area contributed by atoms with Crippen LogP contribution >= 0.6 is 23.4 Å². The highest BCUT2D eigenvalue weighted by molar-refractivity contribution is 8.00. The smallest absolute Gasteiger partial charge is 0.272 e. The number of aryl methyl sites for hydroxylation is 1. The summed E-state index contributed by atoms with van der Waals surface area (Å²) in [6.45, 7) is 0.711. The van der Waals surface area contributed by atoms with Crippen LogP contribution in [0, 0.1) is 0 Å². The third-order valence-electron chi connectivity index (χ3n) is 6.55. The number of rotatable bonds is 8. The normalized spacial score (nSPS) is 12.8. The standard InChI is InChI=1S/C33H28ClN3O3S/c34-26-14-6-9-23(19-26)20-29(36-32(39)25-11-2-1-3-12-25)33(40)35-27-15-7-16-28(21-27)41-22-31(38)37-18-8-13-24-10-4-5-17-30(24)37/h1-7,9-12,14-17,19-21H,8,13,18,22H2,(H,35,40)(H,36,39)/b29-20-. The number of para-hydroxylation sites is 1. The number of nitrogens with one attached hydrogen (secondary N) is 2. The van der Waals surface area contributed by atoms with Gasteiger partial charge >= 0.3 is 0 Å². The van der Waals surface area contributed by atoms with Gasteiger partial charge in [0.1, 0.15) is 5.70 Å². The predicted octanol–water partition coefficient (Wildman–Crippen LogP) is 6.82. The van der Waals surface area contributed by atoms with Gasteiger partial charge in [-0.25, -0.2) is 0 Å². The van der Waals surface area contributed by atoms with E-state index in [0.717, 1.165) is 23.4 Å². The summed E-state index contributed by atoms with van der Waals surface area (Å²) in [6, 6.07) is 31.0. The van der Waals surface area contributed by atoms with E-state index in [1.54, 1.807) is 60.7 Å². The van der Waals surface area contributed by atoms with Crippen molar-refractivity contribution in [2.75, 3.05) is 22.5 Å². The van der Waals surface area contributed by atoms with Crippen molar-refractivity contribution in [3.63, 3.8) is 0 Å². The first kappa shape index (κ1) is 28.2. The fourth-order valence-corrected chi connectivity index (χ4v) is 5.61. The number of hydrogen-bond donors (Lipinski definition) is 2. The van der Waals surface area contributed by atoms with Gasteiger partial charge in [0.15, 0.2) is 0 Å². The highest BCUT2D eigenvalue weighted by atomic mass is 35.5. The van der Waals surface area contributed by atoms with Crippen molar-refractivity contribution in [3.05, 3.63) is 131 Å². The molecular weight excluding hydrogens is 554 g/mol. The molecule has 0 fully saturated rings. The Morgan fingerprint density at radius 1 is 0.878 bits per heavy atom. The largest absolute Gasteiger partial charge is 0.321 e. The molecule has 0 saturated carbocycles. The minimum Gasteiger partial charge on any atom is -0.321 e. The molecule has 0 radical (unpaired) electrons. The van der Waals surface area contributed by atoms with Crippen LogP contribution in [0.2, 0.25) is 5.02 Å². The summed E-state index contributed by atoms with van der Waals surface area (Å²) >= 11 is 7.55. The number of hydrogen-bond acceptors (Lipinski definition) is 4. The summed E-state index contributed by atoms with van der Waals surface area (Å²) in [4.78, 5) is 42.0. The van der Waals surface area contributed by atoms with Gasteiger partial charge in [-0.3, -0.25) is 14.4 Å². The molecule has 1 aliphatic heterocycles. The molecule has 0 spiro atoms. The number of thioether (sulfide) groups is 1. The molecule has 4 aromatic carbocycles. The van der Waals surface area contributed by atoms with Gasteiger partial charge in [-0.2, -0.15) is 0 Å². The van der Waals surface area contributed by atoms with Gasteiger partial charge in [0, 0.05) is 33.4 Å². The van der Waals surface area contributed by atoms with Gasteiger partial charge in [-0.1, -0.05) is 66.2 Å². The Balaban J connectivity index is 1.28. The molecular formula is C33H28ClN3O3S. The summed E-state index contributed by atoms with van der Waals surface area (Å²) < 4.78 is 0. The molecule has 0 unspecified atom stereocenters.